The van der Waals surface area contributed by atoms with Crippen LogP contribution < -0.4 is 4.90 Å². The van der Waals surface area contributed by atoms with Crippen LogP contribution in [0.15, 0.2) is 18.5 Å². The predicted octanol–water partition coefficient (Wildman–Crippen LogP) is 1.39. The van der Waals surface area contributed by atoms with Crippen molar-refractivity contribution in [3.05, 3.63) is 24.0 Å². The second-order valence-corrected chi connectivity index (χ2v) is 3.32. The Morgan fingerprint density at radius 3 is 2.93 bits per heavy atom. The van der Waals surface area contributed by atoms with Gasteiger partial charge in [-0.2, -0.15) is 0 Å². The fourth-order valence-corrected chi connectivity index (χ4v) is 1.38. The molecule has 0 aliphatic heterocycles. The van der Waals surface area contributed by atoms with E-state index in [1.54, 1.807) is 19.3 Å². The van der Waals surface area contributed by atoms with Crippen LogP contribution >= 0.6 is 0 Å². The molecular weight excluding hydrogens is 192 g/mol. The molecule has 0 atom stereocenters. The minimum Gasteiger partial charge on any atom is -0.465 e. The Labute approximate surface area is 89.9 Å². The summed E-state index contributed by atoms with van der Waals surface area (Å²) in [7, 11) is 1.86. The molecule has 82 valence electrons. The summed E-state index contributed by atoms with van der Waals surface area (Å²) in [5.74, 6) is -0.212. The molecule has 0 unspecified atom stereocenters. The molecule has 0 saturated carbocycles. The van der Waals surface area contributed by atoms with Gasteiger partial charge in [0.05, 0.1) is 6.61 Å². The normalized spacial score (nSPS) is 9.80. The van der Waals surface area contributed by atoms with Crippen molar-refractivity contribution in [3.63, 3.8) is 0 Å². The summed E-state index contributed by atoms with van der Waals surface area (Å²) in [5.41, 5.74) is 2.04. The summed E-state index contributed by atoms with van der Waals surface area (Å²) < 4.78 is 4.88. The molecule has 0 aromatic carbocycles. The number of carbonyl (C=O) groups is 1. The van der Waals surface area contributed by atoms with Crippen molar-refractivity contribution < 1.29 is 9.53 Å². The molecule has 0 N–H and O–H groups in total. The summed E-state index contributed by atoms with van der Waals surface area (Å²) in [6, 6.07) is 1.88. The second-order valence-electron chi connectivity index (χ2n) is 3.32. The quantitative estimate of drug-likeness (QED) is 0.701. The van der Waals surface area contributed by atoms with Crippen LogP contribution in [0.3, 0.4) is 0 Å². The number of pyridine rings is 1. The molecule has 4 heteroatoms. The van der Waals surface area contributed by atoms with Crippen molar-refractivity contribution in [1.29, 1.82) is 0 Å². The minimum absolute atomic E-state index is 0.212. The van der Waals surface area contributed by atoms with Gasteiger partial charge in [0.25, 0.3) is 0 Å². The zero-order valence-corrected chi connectivity index (χ0v) is 9.36. The van der Waals surface area contributed by atoms with Gasteiger partial charge in [0.15, 0.2) is 0 Å². The van der Waals surface area contributed by atoms with Crippen LogP contribution in [0.2, 0.25) is 0 Å². The largest absolute Gasteiger partial charge is 0.465 e. The van der Waals surface area contributed by atoms with E-state index in [1.165, 1.54) is 0 Å². The van der Waals surface area contributed by atoms with Crippen molar-refractivity contribution >= 4 is 11.7 Å². The number of ether oxygens (including phenoxy) is 1. The average molecular weight is 208 g/mol. The van der Waals surface area contributed by atoms with Gasteiger partial charge in [-0.25, -0.2) is 0 Å². The molecule has 0 aliphatic rings. The Morgan fingerprint density at radius 2 is 2.33 bits per heavy atom. The van der Waals surface area contributed by atoms with Gasteiger partial charge in [-0.1, -0.05) is 0 Å². The second kappa shape index (κ2) is 5.34. The third-order valence-corrected chi connectivity index (χ3v) is 2.07. The third-order valence-electron chi connectivity index (χ3n) is 2.07. The first-order valence-electron chi connectivity index (χ1n) is 4.92. The van der Waals surface area contributed by atoms with E-state index < -0.39 is 0 Å². The topological polar surface area (TPSA) is 42.4 Å². The first-order valence-corrected chi connectivity index (χ1v) is 4.92. The number of aromatic nitrogens is 1. The Kier molecular flexibility index (Phi) is 4.09. The maximum absolute atomic E-state index is 11.3. The number of hydrogen-bond donors (Lipinski definition) is 0. The molecule has 4 nitrogen and oxygen atoms in total. The molecule has 0 amide bonds. The van der Waals surface area contributed by atoms with E-state index in [-0.39, 0.29) is 12.5 Å². The van der Waals surface area contributed by atoms with E-state index >= 15 is 0 Å². The van der Waals surface area contributed by atoms with Gasteiger partial charge in [-0.3, -0.25) is 9.78 Å². The number of anilines is 1. The Hall–Kier alpha value is -1.58. The Morgan fingerprint density at radius 1 is 1.60 bits per heavy atom. The van der Waals surface area contributed by atoms with Crippen LogP contribution in [-0.2, 0) is 9.53 Å². The predicted molar refractivity (Wildman–Crippen MR) is 58.9 cm³/mol. The standard InChI is InChI=1S/C11H16N2O2/c1-4-15-11(14)8-13(3)10-5-6-12-7-9(10)2/h5-7H,4,8H2,1-3H3. The maximum Gasteiger partial charge on any atom is 0.325 e. The third kappa shape index (κ3) is 3.23. The van der Waals surface area contributed by atoms with Gasteiger partial charge >= 0.3 is 5.97 Å². The highest BCUT2D eigenvalue weighted by Crippen LogP contribution is 2.15. The molecule has 0 fully saturated rings. The molecule has 1 aromatic heterocycles. The van der Waals surface area contributed by atoms with Gasteiger partial charge in [-0.05, 0) is 25.5 Å². The Bertz CT molecular complexity index is 339. The highest BCUT2D eigenvalue weighted by Gasteiger charge is 2.09. The number of rotatable bonds is 4. The number of hydrogen-bond acceptors (Lipinski definition) is 4. The van der Waals surface area contributed by atoms with E-state index in [0.29, 0.717) is 6.61 Å². The number of carbonyl (C=O) groups excluding carboxylic acids is 1. The monoisotopic (exact) mass is 208 g/mol. The molecule has 1 rings (SSSR count). The van der Waals surface area contributed by atoms with Crippen molar-refractivity contribution in [2.24, 2.45) is 0 Å². The number of nitrogens with zero attached hydrogens (tertiary/aromatic N) is 2. The van der Waals surface area contributed by atoms with Crippen LogP contribution in [-0.4, -0.2) is 31.2 Å². The van der Waals surface area contributed by atoms with Gasteiger partial charge < -0.3 is 9.64 Å². The summed E-state index contributed by atoms with van der Waals surface area (Å²) >= 11 is 0. The van der Waals surface area contributed by atoms with Crippen molar-refractivity contribution in [2.45, 2.75) is 13.8 Å². The first kappa shape index (κ1) is 11.5. The summed E-state index contributed by atoms with van der Waals surface area (Å²) in [5, 5.41) is 0. The lowest BCUT2D eigenvalue weighted by atomic mass is 10.2. The maximum atomic E-state index is 11.3. The molecular formula is C11H16N2O2. The number of aryl methyl sites for hydroxylation is 1. The van der Waals surface area contributed by atoms with E-state index in [4.69, 9.17) is 4.74 Å². The molecule has 1 aromatic rings. The lowest BCUT2D eigenvalue weighted by Crippen LogP contribution is -2.27. The molecule has 0 radical (unpaired) electrons. The zero-order chi connectivity index (χ0) is 11.3. The highest BCUT2D eigenvalue weighted by molar-refractivity contribution is 5.76. The van der Waals surface area contributed by atoms with Gasteiger partial charge in [0.1, 0.15) is 6.54 Å². The van der Waals surface area contributed by atoms with Crippen LogP contribution in [0.1, 0.15) is 12.5 Å². The number of likely N-dealkylation sites (N-methyl/N-ethyl adjacent to an activating group) is 1. The molecule has 0 aliphatic carbocycles. The van der Waals surface area contributed by atoms with Crippen molar-refractivity contribution in [3.8, 4) is 0 Å². The average Bonchev–Trinajstić information content (AvgIpc) is 2.18. The van der Waals surface area contributed by atoms with Crippen molar-refractivity contribution in [1.82, 2.24) is 4.98 Å². The van der Waals surface area contributed by atoms with Gasteiger partial charge in [0.2, 0.25) is 0 Å². The zero-order valence-electron chi connectivity index (χ0n) is 9.36. The minimum atomic E-state index is -0.212. The van der Waals surface area contributed by atoms with E-state index in [0.717, 1.165) is 11.3 Å². The molecule has 15 heavy (non-hydrogen) atoms. The van der Waals surface area contributed by atoms with E-state index in [2.05, 4.69) is 4.98 Å². The van der Waals surface area contributed by atoms with Gasteiger partial charge in [-0.15, -0.1) is 0 Å². The molecule has 0 bridgehead atoms. The first-order chi connectivity index (χ1) is 7.15. The summed E-state index contributed by atoms with van der Waals surface area (Å²) in [6.45, 7) is 4.44. The lowest BCUT2D eigenvalue weighted by molar-refractivity contribution is -0.141. The fraction of sp³-hybridized carbons (Fsp3) is 0.455. The fourth-order valence-electron chi connectivity index (χ4n) is 1.38. The number of esters is 1. The summed E-state index contributed by atoms with van der Waals surface area (Å²) in [6.07, 6.45) is 3.49. The van der Waals surface area contributed by atoms with E-state index in [9.17, 15) is 4.79 Å². The smallest absolute Gasteiger partial charge is 0.325 e. The molecule has 0 saturated heterocycles. The van der Waals surface area contributed by atoms with E-state index in [1.807, 2.05) is 24.9 Å². The Balaban J connectivity index is 2.65. The molecule has 1 heterocycles. The molecule has 0 spiro atoms. The van der Waals surface area contributed by atoms with Crippen LogP contribution in [0, 0.1) is 6.92 Å². The van der Waals surface area contributed by atoms with Crippen LogP contribution in [0.4, 0.5) is 5.69 Å². The van der Waals surface area contributed by atoms with Gasteiger partial charge in [0, 0.05) is 25.1 Å². The SMILES string of the molecule is CCOC(=O)CN(C)c1ccncc1C. The summed E-state index contributed by atoms with van der Waals surface area (Å²) in [4.78, 5) is 17.1. The van der Waals surface area contributed by atoms with Crippen LogP contribution in [0.5, 0.6) is 0 Å². The van der Waals surface area contributed by atoms with Crippen LogP contribution in [0.25, 0.3) is 0 Å². The van der Waals surface area contributed by atoms with Crippen molar-refractivity contribution in [2.75, 3.05) is 25.1 Å². The lowest BCUT2D eigenvalue weighted by Gasteiger charge is -2.19. The highest BCUT2D eigenvalue weighted by atomic mass is 16.5.